The molecule has 1 heterocycles. The molecule has 0 bridgehead atoms. The minimum Gasteiger partial charge on any atom is -0.298 e. The fraction of sp³-hybridized carbons (Fsp3) is 0.308. The molecule has 0 radical (unpaired) electrons. The number of hydrogen-bond donors (Lipinski definition) is 0. The molecule has 2 rings (SSSR count). The van der Waals surface area contributed by atoms with Gasteiger partial charge in [-0.2, -0.15) is 0 Å². The lowest BCUT2D eigenvalue weighted by Gasteiger charge is -2.20. The molecule has 1 aliphatic rings. The van der Waals surface area contributed by atoms with E-state index in [0.717, 1.165) is 18.4 Å². The van der Waals surface area contributed by atoms with E-state index in [1.54, 1.807) is 6.07 Å². The first-order chi connectivity index (χ1) is 7.74. The number of rotatable bonds is 1. The first kappa shape index (κ1) is 10.7. The molecule has 1 aromatic carbocycles. The highest BCUT2D eigenvalue weighted by Crippen LogP contribution is 2.29. The van der Waals surface area contributed by atoms with Gasteiger partial charge in [-0.05, 0) is 24.5 Å². The van der Waals surface area contributed by atoms with Crippen LogP contribution in [-0.4, -0.2) is 12.5 Å². The zero-order valence-electron chi connectivity index (χ0n) is 8.87. The maximum absolute atomic E-state index is 13.7. The Morgan fingerprint density at radius 2 is 2.25 bits per heavy atom. The van der Waals surface area contributed by atoms with Crippen molar-refractivity contribution >= 4 is 11.6 Å². The van der Waals surface area contributed by atoms with E-state index in [-0.39, 0.29) is 18.3 Å². The van der Waals surface area contributed by atoms with Crippen LogP contribution in [0.25, 0.3) is 0 Å². The standard InChI is InChI=1S/C13H12FNO/c1-2-9-15-12(16)8-4-6-10-5-3-7-11(14)13(10)15/h1,3,5,7H,4,6,8-9H2. The molecule has 82 valence electrons. The minimum atomic E-state index is -0.372. The molecule has 1 aliphatic heterocycles. The number of hydrogen-bond acceptors (Lipinski definition) is 1. The summed E-state index contributed by atoms with van der Waals surface area (Å²) < 4.78 is 13.7. The van der Waals surface area contributed by atoms with Crippen LogP contribution in [0.5, 0.6) is 0 Å². The van der Waals surface area contributed by atoms with Crippen LogP contribution in [0.4, 0.5) is 10.1 Å². The van der Waals surface area contributed by atoms with Crippen molar-refractivity contribution < 1.29 is 9.18 Å². The summed E-state index contributed by atoms with van der Waals surface area (Å²) in [7, 11) is 0. The van der Waals surface area contributed by atoms with Crippen LogP contribution < -0.4 is 4.90 Å². The Morgan fingerprint density at radius 3 is 3.00 bits per heavy atom. The molecule has 0 spiro atoms. The van der Waals surface area contributed by atoms with Crippen molar-refractivity contribution in [1.82, 2.24) is 0 Å². The molecular weight excluding hydrogens is 205 g/mol. The van der Waals surface area contributed by atoms with Gasteiger partial charge in [-0.15, -0.1) is 6.42 Å². The van der Waals surface area contributed by atoms with E-state index in [1.807, 2.05) is 6.07 Å². The number of benzene rings is 1. The SMILES string of the molecule is C#CCN1C(=O)CCCc2cccc(F)c21. The molecule has 1 aromatic rings. The predicted molar refractivity (Wildman–Crippen MR) is 60.5 cm³/mol. The predicted octanol–water partition coefficient (Wildman–Crippen LogP) is 2.13. The highest BCUT2D eigenvalue weighted by molar-refractivity contribution is 5.95. The number of terminal acetylenes is 1. The molecule has 0 aliphatic carbocycles. The number of fused-ring (bicyclic) bond motifs is 1. The molecule has 0 saturated carbocycles. The van der Waals surface area contributed by atoms with Gasteiger partial charge in [0.05, 0.1) is 12.2 Å². The first-order valence-corrected chi connectivity index (χ1v) is 5.25. The third kappa shape index (κ3) is 1.79. The van der Waals surface area contributed by atoms with Crippen molar-refractivity contribution in [2.45, 2.75) is 19.3 Å². The molecule has 2 nitrogen and oxygen atoms in total. The van der Waals surface area contributed by atoms with Crippen LogP contribution in [0.3, 0.4) is 0 Å². The van der Waals surface area contributed by atoms with Crippen molar-refractivity contribution in [1.29, 1.82) is 0 Å². The minimum absolute atomic E-state index is 0.0956. The summed E-state index contributed by atoms with van der Waals surface area (Å²) in [6, 6.07) is 4.87. The largest absolute Gasteiger partial charge is 0.298 e. The number of carbonyl (C=O) groups is 1. The van der Waals surface area contributed by atoms with Gasteiger partial charge < -0.3 is 0 Å². The maximum atomic E-state index is 13.7. The van der Waals surface area contributed by atoms with E-state index in [1.165, 1.54) is 11.0 Å². The summed E-state index contributed by atoms with van der Waals surface area (Å²) in [5.41, 5.74) is 1.23. The summed E-state index contributed by atoms with van der Waals surface area (Å²) in [5.74, 6) is 1.93. The fourth-order valence-electron chi connectivity index (χ4n) is 2.01. The van der Waals surface area contributed by atoms with E-state index in [2.05, 4.69) is 5.92 Å². The van der Waals surface area contributed by atoms with Crippen LogP contribution in [0.1, 0.15) is 18.4 Å². The van der Waals surface area contributed by atoms with Gasteiger partial charge in [0.1, 0.15) is 5.82 Å². The lowest BCUT2D eigenvalue weighted by Crippen LogP contribution is -2.31. The Morgan fingerprint density at radius 1 is 1.44 bits per heavy atom. The second kappa shape index (κ2) is 4.36. The van der Waals surface area contributed by atoms with Crippen LogP contribution in [0.15, 0.2) is 18.2 Å². The Kier molecular flexibility index (Phi) is 2.91. The molecule has 0 fully saturated rings. The Hall–Kier alpha value is -1.82. The zero-order chi connectivity index (χ0) is 11.5. The third-order valence-electron chi connectivity index (χ3n) is 2.73. The summed E-state index contributed by atoms with van der Waals surface area (Å²) in [4.78, 5) is 13.2. The highest BCUT2D eigenvalue weighted by Gasteiger charge is 2.24. The number of anilines is 1. The first-order valence-electron chi connectivity index (χ1n) is 5.25. The molecule has 3 heteroatoms. The zero-order valence-corrected chi connectivity index (χ0v) is 8.87. The van der Waals surface area contributed by atoms with Gasteiger partial charge in [0.15, 0.2) is 0 Å². The maximum Gasteiger partial charge on any atom is 0.227 e. The quantitative estimate of drug-likeness (QED) is 0.660. The Balaban J connectivity index is 2.53. The van der Waals surface area contributed by atoms with Crippen molar-refractivity contribution in [3.8, 4) is 12.3 Å². The monoisotopic (exact) mass is 217 g/mol. The van der Waals surface area contributed by atoms with Crippen molar-refractivity contribution in [2.24, 2.45) is 0 Å². The molecule has 0 saturated heterocycles. The number of halogens is 1. The average Bonchev–Trinajstić information content (AvgIpc) is 2.41. The normalized spacial score (nSPS) is 15.2. The molecule has 0 aromatic heterocycles. The topological polar surface area (TPSA) is 20.3 Å². The smallest absolute Gasteiger partial charge is 0.227 e. The van der Waals surface area contributed by atoms with E-state index in [9.17, 15) is 9.18 Å². The van der Waals surface area contributed by atoms with Gasteiger partial charge in [-0.1, -0.05) is 18.1 Å². The Bertz CT molecular complexity index is 461. The summed E-state index contributed by atoms with van der Waals surface area (Å²) in [6.45, 7) is 0.132. The van der Waals surface area contributed by atoms with Crippen molar-refractivity contribution in [3.05, 3.63) is 29.6 Å². The van der Waals surface area contributed by atoms with Crippen molar-refractivity contribution in [2.75, 3.05) is 11.4 Å². The van der Waals surface area contributed by atoms with Gasteiger partial charge in [0.25, 0.3) is 0 Å². The third-order valence-corrected chi connectivity index (χ3v) is 2.73. The summed E-state index contributed by atoms with van der Waals surface area (Å²) in [5, 5.41) is 0. The molecule has 0 atom stereocenters. The van der Waals surface area contributed by atoms with E-state index >= 15 is 0 Å². The van der Waals surface area contributed by atoms with Gasteiger partial charge >= 0.3 is 0 Å². The van der Waals surface area contributed by atoms with E-state index < -0.39 is 0 Å². The average molecular weight is 217 g/mol. The number of nitrogens with zero attached hydrogens (tertiary/aromatic N) is 1. The second-order valence-electron chi connectivity index (χ2n) is 3.79. The number of carbonyl (C=O) groups excluding carboxylic acids is 1. The summed E-state index contributed by atoms with van der Waals surface area (Å²) >= 11 is 0. The number of amides is 1. The van der Waals surface area contributed by atoms with Crippen LogP contribution in [0, 0.1) is 18.2 Å². The summed E-state index contributed by atoms with van der Waals surface area (Å²) in [6.07, 6.45) is 7.11. The van der Waals surface area contributed by atoms with Crippen LogP contribution in [0.2, 0.25) is 0 Å². The van der Waals surface area contributed by atoms with Gasteiger partial charge in [0.2, 0.25) is 5.91 Å². The molecule has 0 unspecified atom stereocenters. The number of aryl methyl sites for hydroxylation is 1. The van der Waals surface area contributed by atoms with Crippen LogP contribution >= 0.6 is 0 Å². The highest BCUT2D eigenvalue weighted by atomic mass is 19.1. The van der Waals surface area contributed by atoms with Crippen molar-refractivity contribution in [3.63, 3.8) is 0 Å². The number of para-hydroxylation sites is 1. The molecule has 16 heavy (non-hydrogen) atoms. The molecular formula is C13H12FNO. The van der Waals surface area contributed by atoms with Gasteiger partial charge in [-0.25, -0.2) is 4.39 Å². The van der Waals surface area contributed by atoms with Gasteiger partial charge in [-0.3, -0.25) is 9.69 Å². The van der Waals surface area contributed by atoms with Gasteiger partial charge in [0, 0.05) is 6.42 Å². The molecule has 0 N–H and O–H groups in total. The fourth-order valence-corrected chi connectivity index (χ4v) is 2.01. The lowest BCUT2D eigenvalue weighted by molar-refractivity contribution is -0.118. The Labute approximate surface area is 94.1 Å². The van der Waals surface area contributed by atoms with E-state index in [4.69, 9.17) is 6.42 Å². The second-order valence-corrected chi connectivity index (χ2v) is 3.79. The van der Waals surface area contributed by atoms with E-state index in [0.29, 0.717) is 12.1 Å². The molecule has 1 amide bonds. The lowest BCUT2D eigenvalue weighted by atomic mass is 10.1. The van der Waals surface area contributed by atoms with Crippen LogP contribution in [-0.2, 0) is 11.2 Å².